The number of phenols is 2. The molecule has 0 bridgehead atoms. The predicted octanol–water partition coefficient (Wildman–Crippen LogP) is 4.57. The summed E-state index contributed by atoms with van der Waals surface area (Å²) < 4.78 is 0. The Hall–Kier alpha value is -1.22. The van der Waals surface area contributed by atoms with E-state index < -0.39 is 0 Å². The summed E-state index contributed by atoms with van der Waals surface area (Å²) in [5, 5.41) is 19.9. The number of aromatic hydroxyl groups is 2. The quantitative estimate of drug-likeness (QED) is 0.801. The molecule has 1 aromatic rings. The van der Waals surface area contributed by atoms with Gasteiger partial charge in [-0.25, -0.2) is 0 Å². The van der Waals surface area contributed by atoms with Crippen molar-refractivity contribution in [2.75, 3.05) is 0 Å². The second-order valence-corrected chi connectivity index (χ2v) is 7.04. The van der Waals surface area contributed by atoms with Crippen LogP contribution in [0.15, 0.2) is 18.2 Å². The summed E-state index contributed by atoms with van der Waals surface area (Å²) in [5.74, 6) is 0.0730. The van der Waals surface area contributed by atoms with Crippen molar-refractivity contribution in [2.24, 2.45) is 0 Å². The predicted molar refractivity (Wildman–Crippen MR) is 89.1 cm³/mol. The van der Waals surface area contributed by atoms with E-state index in [0.717, 1.165) is 12.1 Å². The van der Waals surface area contributed by atoms with Crippen LogP contribution in [-0.4, -0.2) is 27.2 Å². The lowest BCUT2D eigenvalue weighted by molar-refractivity contribution is 0.0722. The third kappa shape index (κ3) is 3.57. The first kappa shape index (κ1) is 15.7. The third-order valence-electron chi connectivity index (χ3n) is 5.54. The Balaban J connectivity index is 1.79. The first-order chi connectivity index (χ1) is 10.8. The average Bonchev–Trinajstić information content (AvgIpc) is 2.58. The molecular formula is C19H29NO2. The fourth-order valence-corrected chi connectivity index (χ4v) is 4.28. The zero-order valence-corrected chi connectivity index (χ0v) is 13.5. The van der Waals surface area contributed by atoms with Crippen LogP contribution in [0.4, 0.5) is 0 Å². The number of benzene rings is 1. The average molecular weight is 303 g/mol. The van der Waals surface area contributed by atoms with Crippen molar-refractivity contribution in [2.45, 2.75) is 82.8 Å². The molecule has 0 saturated heterocycles. The van der Waals surface area contributed by atoms with Crippen LogP contribution in [-0.2, 0) is 6.54 Å². The Kier molecular flexibility index (Phi) is 5.24. The molecule has 0 spiro atoms. The van der Waals surface area contributed by atoms with Crippen LogP contribution < -0.4 is 0 Å². The van der Waals surface area contributed by atoms with Crippen LogP contribution in [0.2, 0.25) is 0 Å². The molecule has 2 aliphatic carbocycles. The standard InChI is InChI=1S/C19H29NO2/c21-18-13-7-8-15(19(18)22)14-20(16-9-3-1-4-10-16)17-11-5-2-6-12-17/h7-8,13,16-17,21-22H,1-6,9-12,14H2. The maximum atomic E-state index is 10.2. The van der Waals surface area contributed by atoms with Crippen molar-refractivity contribution in [3.05, 3.63) is 23.8 Å². The number of nitrogens with zero attached hydrogens (tertiary/aromatic N) is 1. The number of para-hydroxylation sites is 1. The smallest absolute Gasteiger partial charge is 0.161 e. The van der Waals surface area contributed by atoms with Gasteiger partial charge >= 0.3 is 0 Å². The summed E-state index contributed by atoms with van der Waals surface area (Å²) in [6.07, 6.45) is 13.2. The normalized spacial score (nSPS) is 21.3. The van der Waals surface area contributed by atoms with E-state index >= 15 is 0 Å². The lowest BCUT2D eigenvalue weighted by atomic mass is 9.88. The first-order valence-corrected chi connectivity index (χ1v) is 9.01. The molecular weight excluding hydrogens is 274 g/mol. The Morgan fingerprint density at radius 2 is 1.36 bits per heavy atom. The van der Waals surface area contributed by atoms with E-state index in [1.54, 1.807) is 6.07 Å². The zero-order valence-electron chi connectivity index (χ0n) is 13.5. The third-order valence-corrected chi connectivity index (χ3v) is 5.54. The van der Waals surface area contributed by atoms with Gasteiger partial charge in [-0.2, -0.15) is 0 Å². The summed E-state index contributed by atoms with van der Waals surface area (Å²) >= 11 is 0. The molecule has 2 aliphatic rings. The second kappa shape index (κ2) is 7.36. The van der Waals surface area contributed by atoms with Crippen molar-refractivity contribution in [3.8, 4) is 11.5 Å². The Bertz CT molecular complexity index is 458. The van der Waals surface area contributed by atoms with Gasteiger partial charge in [0, 0.05) is 24.2 Å². The van der Waals surface area contributed by atoms with Gasteiger partial charge in [0.25, 0.3) is 0 Å². The molecule has 0 aromatic heterocycles. The lowest BCUT2D eigenvalue weighted by Gasteiger charge is -2.41. The highest BCUT2D eigenvalue weighted by Gasteiger charge is 2.29. The highest BCUT2D eigenvalue weighted by Crippen LogP contribution is 2.35. The minimum atomic E-state index is 0.00439. The summed E-state index contributed by atoms with van der Waals surface area (Å²) in [6, 6.07) is 6.65. The molecule has 0 radical (unpaired) electrons. The second-order valence-electron chi connectivity index (χ2n) is 7.04. The van der Waals surface area contributed by atoms with E-state index in [9.17, 15) is 10.2 Å². The molecule has 0 atom stereocenters. The van der Waals surface area contributed by atoms with Crippen molar-refractivity contribution >= 4 is 0 Å². The molecule has 22 heavy (non-hydrogen) atoms. The van der Waals surface area contributed by atoms with Gasteiger partial charge in [0.15, 0.2) is 11.5 Å². The fourth-order valence-electron chi connectivity index (χ4n) is 4.28. The molecule has 0 amide bonds. The molecule has 0 heterocycles. The topological polar surface area (TPSA) is 43.7 Å². The van der Waals surface area contributed by atoms with Gasteiger partial charge in [0.2, 0.25) is 0 Å². The largest absolute Gasteiger partial charge is 0.504 e. The van der Waals surface area contributed by atoms with Gasteiger partial charge in [-0.15, -0.1) is 0 Å². The minimum absolute atomic E-state index is 0.00439. The van der Waals surface area contributed by atoms with Crippen LogP contribution in [0, 0.1) is 0 Å². The van der Waals surface area contributed by atoms with Gasteiger partial charge in [0.1, 0.15) is 0 Å². The van der Waals surface area contributed by atoms with Crippen molar-refractivity contribution in [3.63, 3.8) is 0 Å². The van der Waals surface area contributed by atoms with Gasteiger partial charge in [-0.3, -0.25) is 4.90 Å². The van der Waals surface area contributed by atoms with Gasteiger partial charge < -0.3 is 10.2 Å². The molecule has 3 heteroatoms. The van der Waals surface area contributed by atoms with E-state index in [1.165, 1.54) is 64.2 Å². The van der Waals surface area contributed by atoms with E-state index in [4.69, 9.17) is 0 Å². The summed E-state index contributed by atoms with van der Waals surface area (Å²) in [7, 11) is 0. The summed E-state index contributed by atoms with van der Waals surface area (Å²) in [6.45, 7) is 0.773. The first-order valence-electron chi connectivity index (χ1n) is 9.01. The molecule has 2 fully saturated rings. The van der Waals surface area contributed by atoms with Crippen molar-refractivity contribution in [1.82, 2.24) is 4.90 Å². The van der Waals surface area contributed by atoms with Crippen molar-refractivity contribution < 1.29 is 10.2 Å². The molecule has 122 valence electrons. The Morgan fingerprint density at radius 1 is 0.818 bits per heavy atom. The summed E-state index contributed by atoms with van der Waals surface area (Å²) in [4.78, 5) is 2.65. The number of hydrogen-bond acceptors (Lipinski definition) is 3. The molecule has 3 rings (SSSR count). The Morgan fingerprint density at radius 3 is 1.91 bits per heavy atom. The van der Waals surface area contributed by atoms with Crippen LogP contribution in [0.25, 0.3) is 0 Å². The minimum Gasteiger partial charge on any atom is -0.504 e. The van der Waals surface area contributed by atoms with E-state index in [1.807, 2.05) is 12.1 Å². The molecule has 1 aromatic carbocycles. The molecule has 0 aliphatic heterocycles. The summed E-state index contributed by atoms with van der Waals surface area (Å²) in [5.41, 5.74) is 0.871. The van der Waals surface area contributed by atoms with Crippen LogP contribution in [0.3, 0.4) is 0 Å². The lowest BCUT2D eigenvalue weighted by Crippen LogP contribution is -2.44. The molecule has 2 saturated carbocycles. The van der Waals surface area contributed by atoms with Crippen LogP contribution in [0.1, 0.15) is 69.8 Å². The van der Waals surface area contributed by atoms with E-state index in [2.05, 4.69) is 4.90 Å². The van der Waals surface area contributed by atoms with Gasteiger partial charge in [0.05, 0.1) is 0 Å². The monoisotopic (exact) mass is 303 g/mol. The number of hydrogen-bond donors (Lipinski definition) is 2. The van der Waals surface area contributed by atoms with E-state index in [-0.39, 0.29) is 11.5 Å². The van der Waals surface area contributed by atoms with Gasteiger partial charge in [-0.05, 0) is 31.7 Å². The van der Waals surface area contributed by atoms with Gasteiger partial charge in [-0.1, -0.05) is 50.7 Å². The maximum absolute atomic E-state index is 10.2. The van der Waals surface area contributed by atoms with E-state index in [0.29, 0.717) is 12.1 Å². The number of phenolic OH excluding ortho intramolecular Hbond substituents is 2. The maximum Gasteiger partial charge on any atom is 0.161 e. The molecule has 3 nitrogen and oxygen atoms in total. The highest BCUT2D eigenvalue weighted by molar-refractivity contribution is 5.44. The van der Waals surface area contributed by atoms with Crippen LogP contribution >= 0.6 is 0 Å². The zero-order chi connectivity index (χ0) is 15.4. The van der Waals surface area contributed by atoms with Crippen LogP contribution in [0.5, 0.6) is 11.5 Å². The van der Waals surface area contributed by atoms with Crippen molar-refractivity contribution in [1.29, 1.82) is 0 Å². The number of rotatable bonds is 4. The SMILES string of the molecule is Oc1cccc(CN(C2CCCCC2)C2CCCCC2)c1O. The Labute approximate surface area is 134 Å². The highest BCUT2D eigenvalue weighted by atomic mass is 16.3. The fraction of sp³-hybridized carbons (Fsp3) is 0.684. The molecule has 2 N–H and O–H groups in total. The molecule has 0 unspecified atom stereocenters.